The fourth-order valence-corrected chi connectivity index (χ4v) is 3.30. The molecule has 0 atom stereocenters. The van der Waals surface area contributed by atoms with Gasteiger partial charge in [-0.25, -0.2) is 0 Å². The third-order valence-corrected chi connectivity index (χ3v) is 4.64. The molecule has 0 aliphatic rings. The van der Waals surface area contributed by atoms with Gasteiger partial charge in [0.05, 0.1) is 14.2 Å². The van der Waals surface area contributed by atoms with Gasteiger partial charge in [-0.2, -0.15) is 0 Å². The van der Waals surface area contributed by atoms with Gasteiger partial charge in [0, 0.05) is 10.9 Å². The first-order valence-corrected chi connectivity index (χ1v) is 8.04. The average Bonchev–Trinajstić information content (AvgIpc) is 2.68. The summed E-state index contributed by atoms with van der Waals surface area (Å²) in [4.78, 5) is 0. The van der Waals surface area contributed by atoms with Crippen molar-refractivity contribution in [3.63, 3.8) is 0 Å². The van der Waals surface area contributed by atoms with Crippen LogP contribution in [0.4, 0.5) is 0 Å². The van der Waals surface area contributed by atoms with Gasteiger partial charge in [0.2, 0.25) is 0 Å². The van der Waals surface area contributed by atoms with Crippen LogP contribution in [-0.2, 0) is 5.31 Å². The number of rotatable bonds is 5. The molecule has 0 unspecified atom stereocenters. The predicted molar refractivity (Wildman–Crippen MR) is 101 cm³/mol. The second-order valence-electron chi connectivity index (χ2n) is 5.90. The van der Waals surface area contributed by atoms with Crippen molar-refractivity contribution in [3.8, 4) is 11.5 Å². The van der Waals surface area contributed by atoms with Gasteiger partial charge in [0.15, 0.2) is 11.5 Å². The molecule has 3 heteroatoms. The van der Waals surface area contributed by atoms with Crippen molar-refractivity contribution < 1.29 is 9.47 Å². The average molecular weight is 316 g/mol. The van der Waals surface area contributed by atoms with Crippen LogP contribution in [-0.4, -0.2) is 22.1 Å². The molecule has 2 nitrogen and oxygen atoms in total. The van der Waals surface area contributed by atoms with Crippen LogP contribution in [0.5, 0.6) is 11.5 Å². The molecule has 0 amide bonds. The molecule has 0 bridgehead atoms. The molecule has 3 aromatic carbocycles. The maximum absolute atomic E-state index is 5.73. The summed E-state index contributed by atoms with van der Waals surface area (Å²) >= 11 is 0. The van der Waals surface area contributed by atoms with Gasteiger partial charge in [0.25, 0.3) is 0 Å². The molecule has 0 aliphatic carbocycles. The van der Waals surface area contributed by atoms with Crippen molar-refractivity contribution in [2.24, 2.45) is 0 Å². The first kappa shape index (κ1) is 16.2. The molecular formula is C21H21BO2. The van der Waals surface area contributed by atoms with Crippen molar-refractivity contribution in [3.05, 3.63) is 95.6 Å². The van der Waals surface area contributed by atoms with Gasteiger partial charge in [-0.05, 0) is 17.2 Å². The Morgan fingerprint density at radius 1 is 0.667 bits per heavy atom. The largest absolute Gasteiger partial charge is 0.493 e. The Morgan fingerprint density at radius 2 is 1.21 bits per heavy atom. The molecule has 120 valence electrons. The lowest BCUT2D eigenvalue weighted by molar-refractivity contribution is 0.350. The van der Waals surface area contributed by atoms with Crippen molar-refractivity contribution in [2.45, 2.75) is 5.31 Å². The Labute approximate surface area is 144 Å². The lowest BCUT2D eigenvalue weighted by Crippen LogP contribution is -2.30. The van der Waals surface area contributed by atoms with E-state index in [4.69, 9.17) is 9.47 Å². The maximum Gasteiger partial charge on any atom is 0.164 e. The molecule has 0 fully saturated rings. The van der Waals surface area contributed by atoms with E-state index >= 15 is 0 Å². The molecule has 0 aliphatic heterocycles. The van der Waals surface area contributed by atoms with Crippen LogP contribution in [0.15, 0.2) is 78.9 Å². The minimum absolute atomic E-state index is 0.345. The lowest BCUT2D eigenvalue weighted by Gasteiger charge is -2.33. The van der Waals surface area contributed by atoms with Crippen LogP contribution >= 0.6 is 0 Å². The van der Waals surface area contributed by atoms with Gasteiger partial charge < -0.3 is 9.47 Å². The van der Waals surface area contributed by atoms with Crippen LogP contribution in [0.2, 0.25) is 0 Å². The molecule has 3 rings (SSSR count). The fraction of sp³-hybridized carbons (Fsp3) is 0.143. The minimum atomic E-state index is -0.345. The lowest BCUT2D eigenvalue weighted by atomic mass is 9.56. The first-order chi connectivity index (χ1) is 11.7. The molecule has 0 spiro atoms. The van der Waals surface area contributed by atoms with E-state index in [1.54, 1.807) is 14.2 Å². The van der Waals surface area contributed by atoms with E-state index in [0.29, 0.717) is 0 Å². The number of para-hydroxylation sites is 1. The Morgan fingerprint density at radius 3 is 1.67 bits per heavy atom. The van der Waals surface area contributed by atoms with Crippen molar-refractivity contribution in [1.29, 1.82) is 0 Å². The van der Waals surface area contributed by atoms with Crippen LogP contribution in [0.1, 0.15) is 16.7 Å². The summed E-state index contributed by atoms with van der Waals surface area (Å²) < 4.78 is 11.3. The summed E-state index contributed by atoms with van der Waals surface area (Å²) in [6, 6.07) is 27.1. The first-order valence-electron chi connectivity index (χ1n) is 8.04. The van der Waals surface area contributed by atoms with Gasteiger partial charge >= 0.3 is 0 Å². The Bertz CT molecular complexity index is 761. The second-order valence-corrected chi connectivity index (χ2v) is 5.90. The molecule has 24 heavy (non-hydrogen) atoms. The highest BCUT2D eigenvalue weighted by Gasteiger charge is 2.34. The highest BCUT2D eigenvalue weighted by atomic mass is 16.5. The molecular weight excluding hydrogens is 295 g/mol. The Balaban J connectivity index is 2.32. The summed E-state index contributed by atoms with van der Waals surface area (Å²) in [6.07, 6.45) is 0. The van der Waals surface area contributed by atoms with Crippen LogP contribution in [0, 0.1) is 0 Å². The predicted octanol–water partition coefficient (Wildman–Crippen LogP) is 3.63. The van der Waals surface area contributed by atoms with E-state index < -0.39 is 0 Å². The number of benzene rings is 3. The molecule has 3 aromatic rings. The Kier molecular flexibility index (Phi) is 4.61. The summed E-state index contributed by atoms with van der Waals surface area (Å²) in [5.74, 6) is 1.52. The van der Waals surface area contributed by atoms with Crippen LogP contribution in [0.25, 0.3) is 0 Å². The third-order valence-electron chi connectivity index (χ3n) is 4.64. The molecule has 0 N–H and O–H groups in total. The van der Waals surface area contributed by atoms with E-state index in [1.807, 2.05) is 24.3 Å². The fourth-order valence-electron chi connectivity index (χ4n) is 3.30. The standard InChI is InChI=1S/C21H21BO2/c1-23-19-15-9-14-18(20(19)24-2)21(22,16-10-5-3-6-11-16)17-12-7-4-8-13-17/h3-15H,22H2,1-2H3. The number of hydrogen-bond donors (Lipinski definition) is 0. The minimum Gasteiger partial charge on any atom is -0.493 e. The van der Waals surface area contributed by atoms with Gasteiger partial charge in [0.1, 0.15) is 7.85 Å². The van der Waals surface area contributed by atoms with Crippen molar-refractivity contribution in [1.82, 2.24) is 0 Å². The SMILES string of the molecule is BC(c1ccccc1)(c1ccccc1)c1cccc(OC)c1OC. The molecule has 0 saturated heterocycles. The van der Waals surface area contributed by atoms with Crippen LogP contribution < -0.4 is 9.47 Å². The molecule has 0 radical (unpaired) electrons. The second kappa shape index (κ2) is 6.83. The topological polar surface area (TPSA) is 18.5 Å². The van der Waals surface area contributed by atoms with Gasteiger partial charge in [-0.1, -0.05) is 72.8 Å². The normalized spacial score (nSPS) is 11.1. The number of methoxy groups -OCH3 is 2. The van der Waals surface area contributed by atoms with Gasteiger partial charge in [-0.3, -0.25) is 0 Å². The van der Waals surface area contributed by atoms with Crippen molar-refractivity contribution in [2.75, 3.05) is 14.2 Å². The summed E-state index contributed by atoms with van der Waals surface area (Å²) in [5.41, 5.74) is 3.51. The zero-order valence-electron chi connectivity index (χ0n) is 14.3. The highest BCUT2D eigenvalue weighted by molar-refractivity contribution is 6.21. The number of ether oxygens (including phenoxy) is 2. The van der Waals surface area contributed by atoms with E-state index in [1.165, 1.54) is 11.1 Å². The maximum atomic E-state index is 5.73. The zero-order chi connectivity index (χ0) is 17.0. The Hall–Kier alpha value is -2.68. The number of hydrogen-bond acceptors (Lipinski definition) is 2. The van der Waals surface area contributed by atoms with E-state index in [2.05, 4.69) is 62.4 Å². The monoisotopic (exact) mass is 316 g/mol. The highest BCUT2D eigenvalue weighted by Crippen LogP contribution is 2.44. The molecule has 0 heterocycles. The smallest absolute Gasteiger partial charge is 0.164 e. The third kappa shape index (κ3) is 2.67. The van der Waals surface area contributed by atoms with Crippen molar-refractivity contribution >= 4 is 7.85 Å². The zero-order valence-corrected chi connectivity index (χ0v) is 14.3. The van der Waals surface area contributed by atoms with E-state index in [-0.39, 0.29) is 5.31 Å². The quantitative estimate of drug-likeness (QED) is 0.529. The van der Waals surface area contributed by atoms with Gasteiger partial charge in [-0.15, -0.1) is 0 Å². The van der Waals surface area contributed by atoms with E-state index in [0.717, 1.165) is 17.1 Å². The summed E-state index contributed by atoms with van der Waals surface area (Å²) in [6.45, 7) is 0. The summed E-state index contributed by atoms with van der Waals surface area (Å²) in [5, 5.41) is -0.345. The van der Waals surface area contributed by atoms with Crippen LogP contribution in [0.3, 0.4) is 0 Å². The summed E-state index contributed by atoms with van der Waals surface area (Å²) in [7, 11) is 5.59. The molecule has 0 aromatic heterocycles. The molecule has 0 saturated carbocycles. The van der Waals surface area contributed by atoms with E-state index in [9.17, 15) is 0 Å².